The number of hydrogen-bond acceptors (Lipinski definition) is 4. The molecule has 0 amide bonds. The number of sulfonamides is 1. The average Bonchev–Trinajstić information content (AvgIpc) is 2.97. The maximum absolute atomic E-state index is 12.6. The molecule has 0 spiro atoms. The van der Waals surface area contributed by atoms with Gasteiger partial charge in [0.1, 0.15) is 5.76 Å². The Hall–Kier alpha value is -1.34. The number of aliphatic hydroxyl groups excluding tert-OH is 1. The normalized spacial score (nSPS) is 12.0. The van der Waals surface area contributed by atoms with Crippen LogP contribution in [0.4, 0.5) is 0 Å². The summed E-state index contributed by atoms with van der Waals surface area (Å²) in [4.78, 5) is 0.0955. The number of furan rings is 1. The standard InChI is InChI=1S/C14H16ClNO4S/c1-2-16(9-12-4-3-7-20-12)21(18,19)13-6-5-11(10-17)14(15)8-13/h3-8,17H,2,9-10H2,1H3. The van der Waals surface area contributed by atoms with Gasteiger partial charge in [0.15, 0.2) is 0 Å². The van der Waals surface area contributed by atoms with Gasteiger partial charge in [0.05, 0.1) is 24.3 Å². The van der Waals surface area contributed by atoms with Crippen LogP contribution in [-0.2, 0) is 23.2 Å². The van der Waals surface area contributed by atoms with Gasteiger partial charge in [0.25, 0.3) is 0 Å². The van der Waals surface area contributed by atoms with Gasteiger partial charge in [-0.3, -0.25) is 0 Å². The highest BCUT2D eigenvalue weighted by Gasteiger charge is 2.24. The lowest BCUT2D eigenvalue weighted by atomic mass is 10.2. The Morgan fingerprint density at radius 3 is 2.62 bits per heavy atom. The topological polar surface area (TPSA) is 70.8 Å². The Bertz CT molecular complexity index is 698. The van der Waals surface area contributed by atoms with Crippen LogP contribution in [-0.4, -0.2) is 24.4 Å². The van der Waals surface area contributed by atoms with Crippen molar-refractivity contribution in [3.05, 3.63) is 52.9 Å². The van der Waals surface area contributed by atoms with E-state index in [4.69, 9.17) is 21.1 Å². The molecular formula is C14H16ClNO4S. The zero-order valence-corrected chi connectivity index (χ0v) is 13.1. The van der Waals surface area contributed by atoms with Gasteiger partial charge in [0, 0.05) is 11.6 Å². The monoisotopic (exact) mass is 329 g/mol. The molecule has 1 aromatic carbocycles. The van der Waals surface area contributed by atoms with Crippen LogP contribution in [0.25, 0.3) is 0 Å². The summed E-state index contributed by atoms with van der Waals surface area (Å²) in [5.41, 5.74) is 0.490. The molecule has 0 radical (unpaired) electrons. The SMILES string of the molecule is CCN(Cc1ccco1)S(=O)(=O)c1ccc(CO)c(Cl)c1. The Morgan fingerprint density at radius 1 is 1.33 bits per heavy atom. The maximum Gasteiger partial charge on any atom is 0.243 e. The van der Waals surface area contributed by atoms with Gasteiger partial charge in [-0.15, -0.1) is 0 Å². The molecule has 0 saturated carbocycles. The molecule has 0 fully saturated rings. The summed E-state index contributed by atoms with van der Waals surface area (Å²) in [5.74, 6) is 0.568. The smallest absolute Gasteiger partial charge is 0.243 e. The predicted molar refractivity (Wildman–Crippen MR) is 79.4 cm³/mol. The first-order valence-electron chi connectivity index (χ1n) is 6.41. The van der Waals surface area contributed by atoms with E-state index in [1.165, 1.54) is 28.8 Å². The number of nitrogens with zero attached hydrogens (tertiary/aromatic N) is 1. The molecule has 0 saturated heterocycles. The van der Waals surface area contributed by atoms with E-state index < -0.39 is 10.0 Å². The molecular weight excluding hydrogens is 314 g/mol. The zero-order chi connectivity index (χ0) is 15.5. The Balaban J connectivity index is 2.32. The van der Waals surface area contributed by atoms with Crippen LogP contribution in [0.5, 0.6) is 0 Å². The van der Waals surface area contributed by atoms with E-state index >= 15 is 0 Å². The summed E-state index contributed by atoms with van der Waals surface area (Å²) in [6.45, 7) is 1.99. The van der Waals surface area contributed by atoms with Crippen LogP contribution in [0.2, 0.25) is 5.02 Å². The molecule has 1 N–H and O–H groups in total. The number of benzene rings is 1. The average molecular weight is 330 g/mol. The maximum atomic E-state index is 12.6. The van der Waals surface area contributed by atoms with Crippen molar-refractivity contribution in [1.82, 2.24) is 4.31 Å². The highest BCUT2D eigenvalue weighted by Crippen LogP contribution is 2.24. The van der Waals surface area contributed by atoms with Gasteiger partial charge in [-0.1, -0.05) is 24.6 Å². The van der Waals surface area contributed by atoms with Crippen molar-refractivity contribution in [2.24, 2.45) is 0 Å². The summed E-state index contributed by atoms with van der Waals surface area (Å²) >= 11 is 5.96. The quantitative estimate of drug-likeness (QED) is 0.884. The molecule has 21 heavy (non-hydrogen) atoms. The molecule has 2 rings (SSSR count). The molecule has 0 atom stereocenters. The Kier molecular flexibility index (Phi) is 5.05. The van der Waals surface area contributed by atoms with E-state index in [9.17, 15) is 8.42 Å². The summed E-state index contributed by atoms with van der Waals surface area (Å²) in [6.07, 6.45) is 1.50. The van der Waals surface area contributed by atoms with Crippen LogP contribution in [0.1, 0.15) is 18.2 Å². The lowest BCUT2D eigenvalue weighted by Crippen LogP contribution is -2.30. The minimum absolute atomic E-state index is 0.0955. The number of hydrogen-bond donors (Lipinski definition) is 1. The molecule has 114 valence electrons. The van der Waals surface area contributed by atoms with Crippen molar-refractivity contribution in [1.29, 1.82) is 0 Å². The second kappa shape index (κ2) is 6.62. The third-order valence-electron chi connectivity index (χ3n) is 3.10. The van der Waals surface area contributed by atoms with E-state index in [1.54, 1.807) is 19.1 Å². The first kappa shape index (κ1) is 16.0. The molecule has 7 heteroatoms. The van der Waals surface area contributed by atoms with E-state index in [-0.39, 0.29) is 23.1 Å². The minimum atomic E-state index is -3.67. The van der Waals surface area contributed by atoms with Crippen LogP contribution in [0.15, 0.2) is 45.9 Å². The van der Waals surface area contributed by atoms with Crippen molar-refractivity contribution >= 4 is 21.6 Å². The van der Waals surface area contributed by atoms with Crippen LogP contribution < -0.4 is 0 Å². The van der Waals surface area contributed by atoms with Gasteiger partial charge in [-0.05, 0) is 29.8 Å². The molecule has 5 nitrogen and oxygen atoms in total. The summed E-state index contributed by atoms with van der Waals surface area (Å²) in [5, 5.41) is 9.31. The third-order valence-corrected chi connectivity index (χ3v) is 5.37. The van der Waals surface area contributed by atoms with E-state index in [2.05, 4.69) is 0 Å². The lowest BCUT2D eigenvalue weighted by Gasteiger charge is -2.19. The van der Waals surface area contributed by atoms with Crippen molar-refractivity contribution in [3.63, 3.8) is 0 Å². The van der Waals surface area contributed by atoms with E-state index in [0.29, 0.717) is 17.9 Å². The molecule has 0 bridgehead atoms. The van der Waals surface area contributed by atoms with Crippen molar-refractivity contribution in [2.45, 2.75) is 25.0 Å². The first-order chi connectivity index (χ1) is 9.98. The zero-order valence-electron chi connectivity index (χ0n) is 11.5. The lowest BCUT2D eigenvalue weighted by molar-refractivity contribution is 0.282. The fourth-order valence-electron chi connectivity index (χ4n) is 1.91. The van der Waals surface area contributed by atoms with Crippen molar-refractivity contribution in [2.75, 3.05) is 6.54 Å². The molecule has 1 aromatic heterocycles. The molecule has 0 aliphatic heterocycles. The molecule has 0 aliphatic rings. The molecule has 2 aromatic rings. The highest BCUT2D eigenvalue weighted by molar-refractivity contribution is 7.89. The largest absolute Gasteiger partial charge is 0.468 e. The highest BCUT2D eigenvalue weighted by atomic mass is 35.5. The van der Waals surface area contributed by atoms with Gasteiger partial charge >= 0.3 is 0 Å². The second-order valence-corrected chi connectivity index (χ2v) is 6.77. The van der Waals surface area contributed by atoms with Gasteiger partial charge in [0.2, 0.25) is 10.0 Å². The third kappa shape index (κ3) is 3.47. The van der Waals surface area contributed by atoms with E-state index in [1.807, 2.05) is 0 Å². The minimum Gasteiger partial charge on any atom is -0.468 e. The molecule has 1 heterocycles. The Labute approximate surface area is 128 Å². The predicted octanol–water partition coefficient (Wildman–Crippen LogP) is 2.64. The summed E-state index contributed by atoms with van der Waals surface area (Å²) in [6, 6.07) is 7.74. The molecule has 0 unspecified atom stereocenters. The first-order valence-corrected chi connectivity index (χ1v) is 8.22. The summed E-state index contributed by atoms with van der Waals surface area (Å²) in [7, 11) is -3.67. The van der Waals surface area contributed by atoms with Crippen LogP contribution in [0.3, 0.4) is 0 Å². The van der Waals surface area contributed by atoms with Gasteiger partial charge < -0.3 is 9.52 Å². The number of halogens is 1. The van der Waals surface area contributed by atoms with Gasteiger partial charge in [-0.2, -0.15) is 4.31 Å². The number of rotatable bonds is 6. The Morgan fingerprint density at radius 2 is 2.10 bits per heavy atom. The summed E-state index contributed by atoms with van der Waals surface area (Å²) < 4.78 is 31.7. The van der Waals surface area contributed by atoms with Crippen LogP contribution >= 0.6 is 11.6 Å². The fraction of sp³-hybridized carbons (Fsp3) is 0.286. The number of aliphatic hydroxyl groups is 1. The fourth-order valence-corrected chi connectivity index (χ4v) is 3.66. The van der Waals surface area contributed by atoms with Crippen LogP contribution in [0, 0.1) is 0 Å². The second-order valence-electron chi connectivity index (χ2n) is 4.42. The molecule has 0 aliphatic carbocycles. The van der Waals surface area contributed by atoms with E-state index in [0.717, 1.165) is 0 Å². The van der Waals surface area contributed by atoms with Gasteiger partial charge in [-0.25, -0.2) is 8.42 Å². The van der Waals surface area contributed by atoms with Crippen molar-refractivity contribution in [3.8, 4) is 0 Å². The van der Waals surface area contributed by atoms with Crippen molar-refractivity contribution < 1.29 is 17.9 Å².